The molecule has 0 saturated heterocycles. The summed E-state index contributed by atoms with van der Waals surface area (Å²) in [5.41, 5.74) is 5.99. The fourth-order valence-electron chi connectivity index (χ4n) is 2.68. The Morgan fingerprint density at radius 1 is 1.42 bits per heavy atom. The Labute approximate surface area is 153 Å². The molecule has 1 aliphatic heterocycles. The molecular formula is C17H23N3O5S. The standard InChI is InChI=1S/C16H19N3O5S.CH4/c1-2-4-14-16(19-8-13(15(17)20)18-10-19)24-25(21,22)12-6-3-5-11(7-12)9-23-14;/h3,5-8,10,14,16H,2,4,9H2,1H3,(H2,17,20);1H4/t14-,16?;/m0./s1. The molecule has 142 valence electrons. The van der Waals surface area contributed by atoms with E-state index in [-0.39, 0.29) is 24.6 Å². The molecule has 0 fully saturated rings. The van der Waals surface area contributed by atoms with Gasteiger partial charge >= 0.3 is 0 Å². The molecule has 8 nitrogen and oxygen atoms in total. The van der Waals surface area contributed by atoms with E-state index in [1.54, 1.807) is 12.1 Å². The summed E-state index contributed by atoms with van der Waals surface area (Å²) in [6.45, 7) is 2.22. The van der Waals surface area contributed by atoms with Gasteiger partial charge in [-0.05, 0) is 24.1 Å². The second-order valence-electron chi connectivity index (χ2n) is 5.80. The van der Waals surface area contributed by atoms with Gasteiger partial charge in [0.15, 0.2) is 6.23 Å². The van der Waals surface area contributed by atoms with Crippen LogP contribution < -0.4 is 5.73 Å². The second-order valence-corrected chi connectivity index (χ2v) is 7.37. The summed E-state index contributed by atoms with van der Waals surface area (Å²) in [5, 5.41) is 0. The quantitative estimate of drug-likeness (QED) is 0.813. The van der Waals surface area contributed by atoms with Gasteiger partial charge in [0.2, 0.25) is 0 Å². The van der Waals surface area contributed by atoms with Crippen LogP contribution in [-0.4, -0.2) is 30.0 Å². The number of aromatic nitrogens is 2. The number of imidazole rings is 1. The highest BCUT2D eigenvalue weighted by Gasteiger charge is 2.32. The van der Waals surface area contributed by atoms with E-state index >= 15 is 0 Å². The SMILES string of the molecule is C.CCC[C@@H]1OCc2cccc(c2)S(=O)(=O)OC1n1cnc(C(N)=O)c1. The zero-order chi connectivity index (χ0) is 18.0. The molecule has 1 unspecified atom stereocenters. The normalized spacial score (nSPS) is 21.7. The highest BCUT2D eigenvalue weighted by Crippen LogP contribution is 2.29. The monoisotopic (exact) mass is 381 g/mol. The molecule has 1 aliphatic rings. The van der Waals surface area contributed by atoms with Crippen molar-refractivity contribution in [3.05, 3.63) is 48.0 Å². The number of nitrogens with two attached hydrogens (primary N) is 1. The van der Waals surface area contributed by atoms with Crippen LogP contribution in [0.3, 0.4) is 0 Å². The first-order valence-corrected chi connectivity index (χ1v) is 9.28. The summed E-state index contributed by atoms with van der Waals surface area (Å²) in [7, 11) is -4.01. The van der Waals surface area contributed by atoms with Crippen molar-refractivity contribution in [1.29, 1.82) is 0 Å². The number of hydrogen-bond donors (Lipinski definition) is 1. The molecule has 0 saturated carbocycles. The Hall–Kier alpha value is -2.23. The van der Waals surface area contributed by atoms with Crippen LogP contribution >= 0.6 is 0 Å². The molecule has 2 N–H and O–H groups in total. The van der Waals surface area contributed by atoms with Gasteiger partial charge in [-0.2, -0.15) is 8.42 Å². The molecule has 3 rings (SSSR count). The van der Waals surface area contributed by atoms with Gasteiger partial charge in [0.05, 0.1) is 17.8 Å². The fourth-order valence-corrected chi connectivity index (χ4v) is 3.81. The van der Waals surface area contributed by atoms with Crippen LogP contribution in [0.5, 0.6) is 0 Å². The van der Waals surface area contributed by atoms with Crippen LogP contribution in [0.4, 0.5) is 0 Å². The number of benzene rings is 1. The molecule has 9 heteroatoms. The van der Waals surface area contributed by atoms with Crippen molar-refractivity contribution in [3.63, 3.8) is 0 Å². The van der Waals surface area contributed by atoms with Crippen LogP contribution in [0.1, 0.15) is 49.5 Å². The summed E-state index contributed by atoms with van der Waals surface area (Å²) < 4.78 is 38.1. The lowest BCUT2D eigenvalue weighted by Crippen LogP contribution is -2.30. The van der Waals surface area contributed by atoms with Gasteiger partial charge in [0.1, 0.15) is 11.8 Å². The summed E-state index contributed by atoms with van der Waals surface area (Å²) in [6.07, 6.45) is 2.49. The number of carbonyl (C=O) groups excluding carboxylic acids is 1. The number of nitrogens with zero attached hydrogens (tertiary/aromatic N) is 2. The van der Waals surface area contributed by atoms with Crippen molar-refractivity contribution < 1.29 is 22.1 Å². The summed E-state index contributed by atoms with van der Waals surface area (Å²) in [4.78, 5) is 15.2. The van der Waals surface area contributed by atoms with Crippen molar-refractivity contribution in [1.82, 2.24) is 9.55 Å². The first kappa shape index (κ1) is 20.1. The van der Waals surface area contributed by atoms with E-state index in [1.807, 2.05) is 6.92 Å². The maximum absolute atomic E-state index is 12.6. The molecule has 0 radical (unpaired) electrons. The van der Waals surface area contributed by atoms with Gasteiger partial charge < -0.3 is 15.0 Å². The first-order chi connectivity index (χ1) is 11.9. The molecule has 1 aromatic carbocycles. The number of primary amides is 1. The van der Waals surface area contributed by atoms with Crippen LogP contribution in [-0.2, 0) is 25.6 Å². The fraction of sp³-hybridized carbons (Fsp3) is 0.412. The maximum Gasteiger partial charge on any atom is 0.299 e. The first-order valence-electron chi connectivity index (χ1n) is 7.88. The Balaban J connectivity index is 0.00000243. The molecule has 0 aliphatic carbocycles. The molecule has 2 bridgehead atoms. The van der Waals surface area contributed by atoms with Gasteiger partial charge in [0, 0.05) is 6.20 Å². The number of rotatable bonds is 4. The van der Waals surface area contributed by atoms with Crippen molar-refractivity contribution in [2.75, 3.05) is 0 Å². The summed E-state index contributed by atoms with van der Waals surface area (Å²) >= 11 is 0. The van der Waals surface area contributed by atoms with Crippen LogP contribution in [0.15, 0.2) is 41.7 Å². The number of ether oxygens (including phenoxy) is 1. The number of amides is 1. The zero-order valence-electron chi connectivity index (χ0n) is 13.7. The highest BCUT2D eigenvalue weighted by molar-refractivity contribution is 7.86. The molecular weight excluding hydrogens is 358 g/mol. The predicted molar refractivity (Wildman–Crippen MR) is 94.7 cm³/mol. The van der Waals surface area contributed by atoms with Crippen LogP contribution in [0, 0.1) is 0 Å². The Morgan fingerprint density at radius 3 is 2.85 bits per heavy atom. The lowest BCUT2D eigenvalue weighted by molar-refractivity contribution is -0.0670. The smallest absolute Gasteiger partial charge is 0.299 e. The molecule has 1 amide bonds. The van der Waals surface area contributed by atoms with E-state index in [1.165, 1.54) is 29.2 Å². The molecule has 0 spiro atoms. The van der Waals surface area contributed by atoms with E-state index in [9.17, 15) is 13.2 Å². The van der Waals surface area contributed by atoms with E-state index in [0.717, 1.165) is 12.0 Å². The molecule has 2 atom stereocenters. The number of fused-ring (bicyclic) bond motifs is 2. The van der Waals surface area contributed by atoms with Crippen molar-refractivity contribution in [3.8, 4) is 0 Å². The topological polar surface area (TPSA) is 114 Å². The third-order valence-corrected chi connectivity index (χ3v) is 5.20. The Bertz CT molecular complexity index is 878. The van der Waals surface area contributed by atoms with Gasteiger partial charge in [-0.15, -0.1) is 0 Å². The average Bonchev–Trinajstić information content (AvgIpc) is 3.07. The summed E-state index contributed by atoms with van der Waals surface area (Å²) in [6, 6.07) is 6.44. The number of carbonyl (C=O) groups is 1. The van der Waals surface area contributed by atoms with E-state index in [2.05, 4.69) is 4.98 Å². The molecule has 2 aromatic rings. The van der Waals surface area contributed by atoms with Crippen LogP contribution in [0.2, 0.25) is 0 Å². The van der Waals surface area contributed by atoms with Gasteiger partial charge in [-0.3, -0.25) is 4.79 Å². The van der Waals surface area contributed by atoms with Crippen molar-refractivity contribution in [2.45, 2.75) is 51.0 Å². The lowest BCUT2D eigenvalue weighted by atomic mass is 10.1. The second kappa shape index (κ2) is 7.98. The van der Waals surface area contributed by atoms with E-state index in [4.69, 9.17) is 14.7 Å². The summed E-state index contributed by atoms with van der Waals surface area (Å²) in [5.74, 6) is -0.704. The maximum atomic E-state index is 12.6. The molecule has 2 heterocycles. The minimum Gasteiger partial charge on any atom is -0.369 e. The minimum atomic E-state index is -4.01. The largest absolute Gasteiger partial charge is 0.369 e. The molecule has 26 heavy (non-hydrogen) atoms. The van der Waals surface area contributed by atoms with Crippen molar-refractivity contribution in [2.24, 2.45) is 5.73 Å². The van der Waals surface area contributed by atoms with Crippen LogP contribution in [0.25, 0.3) is 0 Å². The van der Waals surface area contributed by atoms with E-state index < -0.39 is 28.4 Å². The van der Waals surface area contributed by atoms with Gasteiger partial charge in [-0.25, -0.2) is 9.17 Å². The number of hydrogen-bond acceptors (Lipinski definition) is 6. The van der Waals surface area contributed by atoms with Gasteiger partial charge in [0.25, 0.3) is 16.0 Å². The Morgan fingerprint density at radius 2 is 2.19 bits per heavy atom. The van der Waals surface area contributed by atoms with E-state index in [0.29, 0.717) is 6.42 Å². The van der Waals surface area contributed by atoms with Crippen molar-refractivity contribution >= 4 is 16.0 Å². The minimum absolute atomic E-state index is 0. The Kier molecular flexibility index (Phi) is 6.17. The highest BCUT2D eigenvalue weighted by atomic mass is 32.2. The lowest BCUT2D eigenvalue weighted by Gasteiger charge is -2.26. The predicted octanol–water partition coefficient (Wildman–Crippen LogP) is 2.22. The third kappa shape index (κ3) is 4.12. The molecule has 1 aromatic heterocycles. The van der Waals surface area contributed by atoms with Gasteiger partial charge in [-0.1, -0.05) is 32.9 Å². The zero-order valence-corrected chi connectivity index (χ0v) is 14.5. The third-order valence-electron chi connectivity index (χ3n) is 3.92. The average molecular weight is 381 g/mol.